The van der Waals surface area contributed by atoms with Crippen molar-refractivity contribution in [3.63, 3.8) is 0 Å². The number of nitrogens with zero attached hydrogens (tertiary/aromatic N) is 2. The van der Waals surface area contributed by atoms with E-state index in [0.29, 0.717) is 19.1 Å². The van der Waals surface area contributed by atoms with Crippen LogP contribution in [-0.2, 0) is 4.79 Å². The zero-order valence-electron chi connectivity index (χ0n) is 11.7. The molecule has 0 bridgehead atoms. The first kappa shape index (κ1) is 13.3. The fraction of sp³-hybridized carbons (Fsp3) is 0.929. The van der Waals surface area contributed by atoms with Gasteiger partial charge in [0.25, 0.3) is 5.92 Å². The van der Waals surface area contributed by atoms with Gasteiger partial charge in [-0.2, -0.15) is 0 Å². The van der Waals surface area contributed by atoms with E-state index in [4.69, 9.17) is 0 Å². The highest BCUT2D eigenvalue weighted by Gasteiger charge is 2.64. The van der Waals surface area contributed by atoms with Gasteiger partial charge in [0.05, 0.1) is 0 Å². The summed E-state index contributed by atoms with van der Waals surface area (Å²) >= 11 is 0. The Morgan fingerprint density at radius 2 is 1.89 bits per heavy atom. The summed E-state index contributed by atoms with van der Waals surface area (Å²) in [6.07, 6.45) is 2.04. The average molecular weight is 272 g/mol. The molecule has 1 amide bonds. The van der Waals surface area contributed by atoms with Gasteiger partial charge in [0, 0.05) is 37.5 Å². The number of alkyl halides is 2. The minimum Gasteiger partial charge on any atom is -0.341 e. The van der Waals surface area contributed by atoms with Gasteiger partial charge >= 0.3 is 0 Å². The van der Waals surface area contributed by atoms with Crippen LogP contribution in [0.2, 0.25) is 0 Å². The van der Waals surface area contributed by atoms with E-state index in [0.717, 1.165) is 25.9 Å². The normalized spacial score (nSPS) is 32.5. The molecule has 3 aliphatic rings. The second-order valence-corrected chi connectivity index (χ2v) is 6.88. The fourth-order valence-electron chi connectivity index (χ4n) is 3.57. The standard InChI is InChI=1S/C14H22F2N2O/c1-10(2)17-5-3-4-13(7-17)8-18(9-13)12(19)11-6-14(11,15)16/h10-11H,3-9H2,1-2H3. The third-order valence-corrected chi connectivity index (χ3v) is 4.91. The lowest BCUT2D eigenvalue weighted by Gasteiger charge is -2.55. The lowest BCUT2D eigenvalue weighted by Crippen LogP contribution is -2.65. The summed E-state index contributed by atoms with van der Waals surface area (Å²) in [4.78, 5) is 16.0. The van der Waals surface area contributed by atoms with Crippen LogP contribution in [0.1, 0.15) is 33.1 Å². The highest BCUT2D eigenvalue weighted by Crippen LogP contribution is 2.51. The van der Waals surface area contributed by atoms with Gasteiger partial charge < -0.3 is 9.80 Å². The highest BCUT2D eigenvalue weighted by molar-refractivity contribution is 5.83. The van der Waals surface area contributed by atoms with Crippen LogP contribution in [0.25, 0.3) is 0 Å². The van der Waals surface area contributed by atoms with Gasteiger partial charge in [-0.15, -0.1) is 0 Å². The predicted molar refractivity (Wildman–Crippen MR) is 68.0 cm³/mol. The number of hydrogen-bond acceptors (Lipinski definition) is 2. The van der Waals surface area contributed by atoms with Crippen molar-refractivity contribution in [3.8, 4) is 0 Å². The van der Waals surface area contributed by atoms with Crippen LogP contribution in [-0.4, -0.2) is 53.9 Å². The highest BCUT2D eigenvalue weighted by atomic mass is 19.3. The summed E-state index contributed by atoms with van der Waals surface area (Å²) in [5.74, 6) is -4.07. The Morgan fingerprint density at radius 3 is 2.42 bits per heavy atom. The van der Waals surface area contributed by atoms with E-state index in [1.165, 1.54) is 0 Å². The second-order valence-electron chi connectivity index (χ2n) is 6.88. The van der Waals surface area contributed by atoms with Gasteiger partial charge in [-0.1, -0.05) is 0 Å². The topological polar surface area (TPSA) is 23.6 Å². The number of carbonyl (C=O) groups excluding carboxylic acids is 1. The number of likely N-dealkylation sites (tertiary alicyclic amines) is 2. The zero-order valence-corrected chi connectivity index (χ0v) is 11.7. The molecule has 2 heterocycles. The summed E-state index contributed by atoms with van der Waals surface area (Å²) in [5, 5.41) is 0. The molecule has 5 heteroatoms. The smallest absolute Gasteiger partial charge is 0.260 e. The minimum atomic E-state index is -2.73. The van der Waals surface area contributed by atoms with Gasteiger partial charge in [0.15, 0.2) is 0 Å². The van der Waals surface area contributed by atoms with Crippen LogP contribution in [0.5, 0.6) is 0 Å². The number of amides is 1. The van der Waals surface area contributed by atoms with Crippen molar-refractivity contribution in [2.24, 2.45) is 11.3 Å². The number of halogens is 2. The van der Waals surface area contributed by atoms with E-state index < -0.39 is 11.8 Å². The van der Waals surface area contributed by atoms with Crippen molar-refractivity contribution in [1.29, 1.82) is 0 Å². The Morgan fingerprint density at radius 1 is 1.26 bits per heavy atom. The van der Waals surface area contributed by atoms with E-state index in [1.807, 2.05) is 0 Å². The molecular formula is C14H22F2N2O. The first-order valence-corrected chi connectivity index (χ1v) is 7.24. The molecule has 3 rings (SSSR count). The first-order chi connectivity index (χ1) is 8.83. The Kier molecular flexibility index (Phi) is 2.89. The molecule has 19 heavy (non-hydrogen) atoms. The molecule has 3 fully saturated rings. The molecule has 0 aromatic heterocycles. The summed E-state index contributed by atoms with van der Waals surface area (Å²) in [5.41, 5.74) is 0.183. The van der Waals surface area contributed by atoms with Gasteiger partial charge in [-0.25, -0.2) is 8.78 Å². The monoisotopic (exact) mass is 272 g/mol. The van der Waals surface area contributed by atoms with E-state index in [1.54, 1.807) is 4.90 Å². The van der Waals surface area contributed by atoms with Crippen LogP contribution < -0.4 is 0 Å². The molecule has 2 saturated heterocycles. The molecule has 2 aliphatic heterocycles. The van der Waals surface area contributed by atoms with Crippen molar-refractivity contribution < 1.29 is 13.6 Å². The summed E-state index contributed by atoms with van der Waals surface area (Å²) in [6, 6.07) is 0.523. The van der Waals surface area contributed by atoms with Crippen molar-refractivity contribution >= 4 is 5.91 Å². The predicted octanol–water partition coefficient (Wildman–Crippen LogP) is 1.97. The Balaban J connectivity index is 1.55. The third kappa shape index (κ3) is 2.26. The number of hydrogen-bond donors (Lipinski definition) is 0. The largest absolute Gasteiger partial charge is 0.341 e. The molecule has 3 nitrogen and oxygen atoms in total. The summed E-state index contributed by atoms with van der Waals surface area (Å²) in [6.45, 7) is 7.86. The quantitative estimate of drug-likeness (QED) is 0.767. The maximum absolute atomic E-state index is 12.9. The van der Waals surface area contributed by atoms with Crippen molar-refractivity contribution in [2.75, 3.05) is 26.2 Å². The summed E-state index contributed by atoms with van der Waals surface area (Å²) in [7, 11) is 0. The number of piperidine rings is 1. The van der Waals surface area contributed by atoms with E-state index >= 15 is 0 Å². The van der Waals surface area contributed by atoms with E-state index in [2.05, 4.69) is 18.7 Å². The van der Waals surface area contributed by atoms with E-state index in [-0.39, 0.29) is 17.7 Å². The average Bonchev–Trinajstić information content (AvgIpc) is 2.94. The Labute approximate surface area is 112 Å². The molecule has 0 radical (unpaired) electrons. The van der Waals surface area contributed by atoms with Crippen molar-refractivity contribution in [2.45, 2.75) is 45.1 Å². The molecule has 0 N–H and O–H groups in total. The molecule has 1 atom stereocenters. The first-order valence-electron chi connectivity index (χ1n) is 7.24. The molecular weight excluding hydrogens is 250 g/mol. The van der Waals surface area contributed by atoms with Crippen LogP contribution in [0.4, 0.5) is 8.78 Å². The lowest BCUT2D eigenvalue weighted by atomic mass is 9.73. The molecule has 1 aliphatic carbocycles. The molecule has 1 saturated carbocycles. The summed E-state index contributed by atoms with van der Waals surface area (Å²) < 4.78 is 25.8. The van der Waals surface area contributed by atoms with Crippen LogP contribution in [0.3, 0.4) is 0 Å². The SMILES string of the molecule is CC(C)N1CCCC2(CN(C(=O)C3CC3(F)F)C2)C1. The zero-order chi connectivity index (χ0) is 13.8. The molecule has 0 aromatic rings. The number of rotatable bonds is 2. The van der Waals surface area contributed by atoms with Gasteiger partial charge in [0.1, 0.15) is 5.92 Å². The van der Waals surface area contributed by atoms with Gasteiger partial charge in [0.2, 0.25) is 5.91 Å². The van der Waals surface area contributed by atoms with E-state index in [9.17, 15) is 13.6 Å². The van der Waals surface area contributed by atoms with Crippen LogP contribution in [0, 0.1) is 11.3 Å². The second kappa shape index (κ2) is 4.14. The number of carbonyl (C=O) groups is 1. The van der Waals surface area contributed by atoms with Crippen LogP contribution in [0.15, 0.2) is 0 Å². The Bertz CT molecular complexity index is 391. The fourth-order valence-corrected chi connectivity index (χ4v) is 3.57. The third-order valence-electron chi connectivity index (χ3n) is 4.91. The maximum atomic E-state index is 12.9. The maximum Gasteiger partial charge on any atom is 0.260 e. The molecule has 108 valence electrons. The minimum absolute atomic E-state index is 0.183. The molecule has 1 unspecified atom stereocenters. The van der Waals surface area contributed by atoms with Crippen molar-refractivity contribution in [3.05, 3.63) is 0 Å². The van der Waals surface area contributed by atoms with Gasteiger partial charge in [-0.05, 0) is 33.2 Å². The van der Waals surface area contributed by atoms with Crippen LogP contribution >= 0.6 is 0 Å². The lowest BCUT2D eigenvalue weighted by molar-refractivity contribution is -0.151. The Hall–Kier alpha value is -0.710. The van der Waals surface area contributed by atoms with Gasteiger partial charge in [-0.3, -0.25) is 4.79 Å². The molecule has 1 spiro atoms. The van der Waals surface area contributed by atoms with Crippen molar-refractivity contribution in [1.82, 2.24) is 9.80 Å². The molecule has 0 aromatic carbocycles.